The first-order chi connectivity index (χ1) is 11.6. The van der Waals surface area contributed by atoms with Crippen molar-refractivity contribution in [2.75, 3.05) is 84.6 Å². The molecule has 1 aliphatic heterocycles. The molecule has 0 saturated carbocycles. The minimum Gasteiger partial charge on any atom is -0.323 e. The third-order valence-electron chi connectivity index (χ3n) is 4.99. The Bertz CT molecular complexity index is 411. The van der Waals surface area contributed by atoms with Crippen molar-refractivity contribution in [1.29, 1.82) is 0 Å². The van der Waals surface area contributed by atoms with Crippen LogP contribution in [-0.2, 0) is 4.57 Å². The van der Waals surface area contributed by atoms with Crippen LogP contribution in [0.4, 0.5) is 0 Å². The van der Waals surface area contributed by atoms with Gasteiger partial charge >= 0.3 is 0 Å². The fraction of sp³-hybridized carbons (Fsp3) is 1.00. The van der Waals surface area contributed by atoms with Crippen LogP contribution < -0.4 is 5.32 Å². The molecule has 0 aromatic rings. The Hall–Kier alpha value is 0.0700. The summed E-state index contributed by atoms with van der Waals surface area (Å²) < 4.78 is 12.7. The predicted molar refractivity (Wildman–Crippen MR) is 111 cm³/mol. The highest BCUT2D eigenvalue weighted by Gasteiger charge is 2.21. The van der Waals surface area contributed by atoms with Crippen molar-refractivity contribution in [3.05, 3.63) is 0 Å². The summed E-state index contributed by atoms with van der Waals surface area (Å²) in [7, 11) is -2.03. The summed E-state index contributed by atoms with van der Waals surface area (Å²) in [5.41, 5.74) is 0.310. The van der Waals surface area contributed by atoms with Crippen LogP contribution in [-0.4, -0.2) is 99.3 Å². The maximum absolute atomic E-state index is 12.7. The Balaban J connectivity index is 2.75. The highest BCUT2D eigenvalue weighted by atomic mass is 31.2. The van der Waals surface area contributed by atoms with E-state index in [1.807, 2.05) is 6.66 Å². The van der Waals surface area contributed by atoms with Gasteiger partial charge in [-0.25, -0.2) is 0 Å². The molecule has 1 unspecified atom stereocenters. The zero-order valence-electron chi connectivity index (χ0n) is 17.7. The first kappa shape index (κ1) is 23.1. The van der Waals surface area contributed by atoms with E-state index in [0.717, 1.165) is 77.9 Å². The molecule has 1 N–H and O–H groups in total. The molecule has 1 rings (SSSR count). The van der Waals surface area contributed by atoms with Crippen molar-refractivity contribution >= 4 is 7.14 Å². The Morgan fingerprint density at radius 3 is 1.92 bits per heavy atom. The third kappa shape index (κ3) is 10.7. The number of hydrogen-bond donors (Lipinski definition) is 1. The third-order valence-corrected chi connectivity index (χ3v) is 7.32. The fourth-order valence-electron chi connectivity index (χ4n) is 3.31. The maximum atomic E-state index is 12.7. The molecule has 1 fully saturated rings. The van der Waals surface area contributed by atoms with Gasteiger partial charge in [0.05, 0.1) is 13.4 Å². The van der Waals surface area contributed by atoms with Crippen LogP contribution in [0.15, 0.2) is 0 Å². The second kappa shape index (κ2) is 11.0. The lowest BCUT2D eigenvalue weighted by Gasteiger charge is -2.34. The molecular weight excluding hydrogens is 331 g/mol. The van der Waals surface area contributed by atoms with E-state index in [1.165, 1.54) is 0 Å². The summed E-state index contributed by atoms with van der Waals surface area (Å²) in [6.45, 7) is 23.9. The van der Waals surface area contributed by atoms with E-state index in [4.69, 9.17) is 0 Å². The molecule has 0 aliphatic carbocycles. The van der Waals surface area contributed by atoms with Crippen molar-refractivity contribution < 1.29 is 4.57 Å². The van der Waals surface area contributed by atoms with Gasteiger partial charge in [0.2, 0.25) is 0 Å². The van der Waals surface area contributed by atoms with E-state index in [2.05, 4.69) is 54.6 Å². The molecule has 150 valence electrons. The Morgan fingerprint density at radius 2 is 1.40 bits per heavy atom. The molecule has 6 heteroatoms. The van der Waals surface area contributed by atoms with Crippen molar-refractivity contribution in [2.45, 2.75) is 34.6 Å². The molecule has 0 amide bonds. The lowest BCUT2D eigenvalue weighted by molar-refractivity contribution is 0.153. The molecular formula is C19H43N4OP. The topological polar surface area (TPSA) is 38.8 Å². The van der Waals surface area contributed by atoms with Crippen molar-refractivity contribution in [3.8, 4) is 0 Å². The van der Waals surface area contributed by atoms with Gasteiger partial charge in [-0.05, 0) is 24.8 Å². The molecule has 1 atom stereocenters. The van der Waals surface area contributed by atoms with Crippen LogP contribution in [0.3, 0.4) is 0 Å². The lowest BCUT2D eigenvalue weighted by Crippen LogP contribution is -2.46. The van der Waals surface area contributed by atoms with Crippen LogP contribution in [0.25, 0.3) is 0 Å². The van der Waals surface area contributed by atoms with Gasteiger partial charge in [0.25, 0.3) is 0 Å². The highest BCUT2D eigenvalue weighted by Crippen LogP contribution is 2.40. The zero-order chi connectivity index (χ0) is 18.9. The largest absolute Gasteiger partial charge is 0.323 e. The van der Waals surface area contributed by atoms with Crippen molar-refractivity contribution in [1.82, 2.24) is 20.0 Å². The molecule has 0 bridgehead atoms. The summed E-state index contributed by atoms with van der Waals surface area (Å²) >= 11 is 0. The first-order valence-corrected chi connectivity index (χ1v) is 12.6. The lowest BCUT2D eigenvalue weighted by atomic mass is 9.96. The van der Waals surface area contributed by atoms with Gasteiger partial charge in [-0.2, -0.15) is 0 Å². The predicted octanol–water partition coefficient (Wildman–Crippen LogP) is 2.53. The fourth-order valence-corrected chi connectivity index (χ4v) is 4.64. The van der Waals surface area contributed by atoms with Gasteiger partial charge in [0, 0.05) is 58.9 Å². The summed E-state index contributed by atoms with van der Waals surface area (Å²) in [6.07, 6.45) is 1.57. The monoisotopic (exact) mass is 374 g/mol. The van der Waals surface area contributed by atoms with Crippen LogP contribution in [0.5, 0.6) is 0 Å². The minimum absolute atomic E-state index is 0.310. The average Bonchev–Trinajstić information content (AvgIpc) is 2.51. The van der Waals surface area contributed by atoms with Crippen molar-refractivity contribution in [3.63, 3.8) is 0 Å². The van der Waals surface area contributed by atoms with Gasteiger partial charge in [0.1, 0.15) is 0 Å². The van der Waals surface area contributed by atoms with E-state index < -0.39 is 7.14 Å². The van der Waals surface area contributed by atoms with Crippen LogP contribution >= 0.6 is 7.14 Å². The standard InChI is InChI=1S/C19H43N4OP/c1-7-21-11-9-20-10-12-22(17-19(3,4)5)14-16-23(15-13-21)18-25(6,24)8-2/h20H,7-18H2,1-6H3. The smallest absolute Gasteiger partial charge is 0.0978 e. The molecule has 1 heterocycles. The molecule has 25 heavy (non-hydrogen) atoms. The second-order valence-electron chi connectivity index (χ2n) is 8.89. The molecule has 1 aliphatic rings. The molecule has 1 saturated heterocycles. The maximum Gasteiger partial charge on any atom is 0.0978 e. The van der Waals surface area contributed by atoms with Gasteiger partial charge in [-0.1, -0.05) is 34.6 Å². The second-order valence-corrected chi connectivity index (χ2v) is 12.4. The minimum atomic E-state index is -2.03. The molecule has 0 aromatic heterocycles. The van der Waals surface area contributed by atoms with E-state index >= 15 is 0 Å². The number of rotatable bonds is 5. The molecule has 0 aromatic carbocycles. The van der Waals surface area contributed by atoms with Crippen LogP contribution in [0.1, 0.15) is 34.6 Å². The number of nitrogens with zero attached hydrogens (tertiary/aromatic N) is 3. The number of nitrogens with one attached hydrogen (secondary N) is 1. The highest BCUT2D eigenvalue weighted by molar-refractivity contribution is 7.63. The summed E-state index contributed by atoms with van der Waals surface area (Å²) in [5.74, 6) is 0. The number of hydrogen-bond acceptors (Lipinski definition) is 5. The van der Waals surface area contributed by atoms with E-state index in [0.29, 0.717) is 5.41 Å². The molecule has 0 radical (unpaired) electrons. The summed E-state index contributed by atoms with van der Waals surface area (Å²) in [5, 5.41) is 3.60. The first-order valence-electron chi connectivity index (χ1n) is 10.1. The SMILES string of the molecule is CCN1CCNCCN(CC(C)(C)C)CCN(CP(C)(=O)CC)CC1. The van der Waals surface area contributed by atoms with Crippen LogP contribution in [0, 0.1) is 5.41 Å². The average molecular weight is 375 g/mol. The van der Waals surface area contributed by atoms with Gasteiger partial charge in [-0.3, -0.25) is 4.90 Å². The van der Waals surface area contributed by atoms with E-state index in [1.54, 1.807) is 0 Å². The molecule has 5 nitrogen and oxygen atoms in total. The van der Waals surface area contributed by atoms with E-state index in [-0.39, 0.29) is 0 Å². The summed E-state index contributed by atoms with van der Waals surface area (Å²) in [4.78, 5) is 7.53. The normalized spacial score (nSPS) is 23.6. The zero-order valence-corrected chi connectivity index (χ0v) is 18.6. The quantitative estimate of drug-likeness (QED) is 0.749. The van der Waals surface area contributed by atoms with Crippen molar-refractivity contribution in [2.24, 2.45) is 5.41 Å². The Labute approximate surface area is 156 Å². The number of likely N-dealkylation sites (N-methyl/N-ethyl adjacent to an activating group) is 1. The van der Waals surface area contributed by atoms with Crippen LogP contribution in [0.2, 0.25) is 0 Å². The molecule has 0 spiro atoms. The van der Waals surface area contributed by atoms with Gasteiger partial charge in [0.15, 0.2) is 0 Å². The van der Waals surface area contributed by atoms with Gasteiger partial charge < -0.3 is 19.7 Å². The van der Waals surface area contributed by atoms with Gasteiger partial charge in [-0.15, -0.1) is 0 Å². The summed E-state index contributed by atoms with van der Waals surface area (Å²) in [6, 6.07) is 0. The van der Waals surface area contributed by atoms with E-state index in [9.17, 15) is 4.57 Å². The Kier molecular flexibility index (Phi) is 10.2. The Morgan fingerprint density at radius 1 is 0.880 bits per heavy atom.